The Labute approximate surface area is 86.0 Å². The number of hydrogen-bond acceptors (Lipinski definition) is 2. The summed E-state index contributed by atoms with van der Waals surface area (Å²) in [5.41, 5.74) is 1.38. The second-order valence-electron chi connectivity index (χ2n) is 4.61. The minimum atomic E-state index is 0.593. The highest BCUT2D eigenvalue weighted by atomic mass is 15.2. The van der Waals surface area contributed by atoms with Crippen molar-refractivity contribution in [3.63, 3.8) is 0 Å². The molecule has 0 atom stereocenters. The number of hydrogen-bond donors (Lipinski definition) is 0. The van der Waals surface area contributed by atoms with Gasteiger partial charge in [0.15, 0.2) is 0 Å². The number of nitrogens with zero attached hydrogens (tertiary/aromatic N) is 2. The molecule has 2 nitrogen and oxygen atoms in total. The SMILES string of the molecule is CC1CN(c2cc(C(C)C)ccn2)C1. The maximum absolute atomic E-state index is 4.40. The molecule has 2 rings (SSSR count). The van der Waals surface area contributed by atoms with Gasteiger partial charge in [0.2, 0.25) is 0 Å². The van der Waals surface area contributed by atoms with E-state index >= 15 is 0 Å². The van der Waals surface area contributed by atoms with Crippen molar-refractivity contribution in [1.29, 1.82) is 0 Å². The lowest BCUT2D eigenvalue weighted by Crippen LogP contribution is -2.45. The molecule has 1 aromatic rings. The summed E-state index contributed by atoms with van der Waals surface area (Å²) in [4.78, 5) is 6.75. The van der Waals surface area contributed by atoms with E-state index in [2.05, 4.69) is 42.8 Å². The maximum atomic E-state index is 4.40. The molecule has 1 aliphatic rings. The lowest BCUT2D eigenvalue weighted by Gasteiger charge is -2.38. The molecule has 1 aromatic heterocycles. The normalized spacial score (nSPS) is 17.3. The van der Waals surface area contributed by atoms with E-state index in [4.69, 9.17) is 0 Å². The van der Waals surface area contributed by atoms with Crippen molar-refractivity contribution < 1.29 is 0 Å². The van der Waals surface area contributed by atoms with Crippen molar-refractivity contribution in [3.05, 3.63) is 23.9 Å². The van der Waals surface area contributed by atoms with Gasteiger partial charge in [0.05, 0.1) is 0 Å². The molecular weight excluding hydrogens is 172 g/mol. The molecule has 0 aromatic carbocycles. The molecule has 2 heteroatoms. The van der Waals surface area contributed by atoms with Gasteiger partial charge < -0.3 is 4.90 Å². The van der Waals surface area contributed by atoms with Crippen LogP contribution in [0.4, 0.5) is 5.82 Å². The molecule has 0 radical (unpaired) electrons. The van der Waals surface area contributed by atoms with Crippen molar-refractivity contribution in [3.8, 4) is 0 Å². The number of aromatic nitrogens is 1. The molecule has 0 saturated carbocycles. The van der Waals surface area contributed by atoms with Crippen LogP contribution in [-0.4, -0.2) is 18.1 Å². The lowest BCUT2D eigenvalue weighted by atomic mass is 10.0. The predicted molar refractivity (Wildman–Crippen MR) is 59.7 cm³/mol. The van der Waals surface area contributed by atoms with Crippen LogP contribution in [0.1, 0.15) is 32.3 Å². The Balaban J connectivity index is 2.14. The van der Waals surface area contributed by atoms with Gasteiger partial charge in [-0.3, -0.25) is 0 Å². The van der Waals surface area contributed by atoms with Crippen molar-refractivity contribution in [1.82, 2.24) is 4.98 Å². The highest BCUT2D eigenvalue weighted by Gasteiger charge is 2.23. The first-order valence-corrected chi connectivity index (χ1v) is 5.37. The van der Waals surface area contributed by atoms with Crippen LogP contribution >= 0.6 is 0 Å². The van der Waals surface area contributed by atoms with E-state index in [1.807, 2.05) is 6.20 Å². The van der Waals surface area contributed by atoms with E-state index in [0.717, 1.165) is 24.8 Å². The molecule has 76 valence electrons. The highest BCUT2D eigenvalue weighted by molar-refractivity contribution is 5.44. The maximum Gasteiger partial charge on any atom is 0.128 e. The van der Waals surface area contributed by atoms with Gasteiger partial charge in [-0.05, 0) is 29.5 Å². The first kappa shape index (κ1) is 9.50. The predicted octanol–water partition coefficient (Wildman–Crippen LogP) is 2.66. The van der Waals surface area contributed by atoms with Gasteiger partial charge in [-0.2, -0.15) is 0 Å². The van der Waals surface area contributed by atoms with Crippen LogP contribution in [0.15, 0.2) is 18.3 Å². The Kier molecular flexibility index (Phi) is 2.44. The Morgan fingerprint density at radius 3 is 2.71 bits per heavy atom. The summed E-state index contributed by atoms with van der Waals surface area (Å²) >= 11 is 0. The fraction of sp³-hybridized carbons (Fsp3) is 0.583. The van der Waals surface area contributed by atoms with Crippen LogP contribution in [0.3, 0.4) is 0 Å². The highest BCUT2D eigenvalue weighted by Crippen LogP contribution is 2.24. The van der Waals surface area contributed by atoms with Crippen LogP contribution in [0.2, 0.25) is 0 Å². The number of rotatable bonds is 2. The summed E-state index contributed by atoms with van der Waals surface area (Å²) in [6, 6.07) is 4.33. The largest absolute Gasteiger partial charge is 0.356 e. The van der Waals surface area contributed by atoms with E-state index in [1.54, 1.807) is 0 Å². The minimum absolute atomic E-state index is 0.593. The Hall–Kier alpha value is -1.05. The first-order valence-electron chi connectivity index (χ1n) is 5.37. The second-order valence-corrected chi connectivity index (χ2v) is 4.61. The lowest BCUT2D eigenvalue weighted by molar-refractivity contribution is 0.443. The fourth-order valence-electron chi connectivity index (χ4n) is 1.85. The Morgan fingerprint density at radius 2 is 2.14 bits per heavy atom. The molecule has 0 aliphatic carbocycles. The molecular formula is C12H18N2. The molecule has 2 heterocycles. The van der Waals surface area contributed by atoms with E-state index in [0.29, 0.717) is 5.92 Å². The average Bonchev–Trinajstić information content (AvgIpc) is 2.13. The van der Waals surface area contributed by atoms with Gasteiger partial charge in [0.1, 0.15) is 5.82 Å². The van der Waals surface area contributed by atoms with Crippen molar-refractivity contribution in [2.75, 3.05) is 18.0 Å². The molecule has 14 heavy (non-hydrogen) atoms. The quantitative estimate of drug-likeness (QED) is 0.712. The van der Waals surface area contributed by atoms with Crippen LogP contribution < -0.4 is 4.90 Å². The van der Waals surface area contributed by atoms with Crippen LogP contribution in [-0.2, 0) is 0 Å². The van der Waals surface area contributed by atoms with Crippen LogP contribution in [0.25, 0.3) is 0 Å². The van der Waals surface area contributed by atoms with E-state index in [9.17, 15) is 0 Å². The van der Waals surface area contributed by atoms with Gasteiger partial charge in [0.25, 0.3) is 0 Å². The van der Waals surface area contributed by atoms with E-state index in [-0.39, 0.29) is 0 Å². The third-order valence-electron chi connectivity index (χ3n) is 2.82. The standard InChI is InChI=1S/C12H18N2/c1-9(2)11-4-5-13-12(6-11)14-7-10(3)8-14/h4-6,9-10H,7-8H2,1-3H3. The third-order valence-corrected chi connectivity index (χ3v) is 2.82. The van der Waals surface area contributed by atoms with E-state index < -0.39 is 0 Å². The Morgan fingerprint density at radius 1 is 1.43 bits per heavy atom. The summed E-state index contributed by atoms with van der Waals surface area (Å²) in [5, 5.41) is 0. The van der Waals surface area contributed by atoms with Crippen molar-refractivity contribution in [2.45, 2.75) is 26.7 Å². The van der Waals surface area contributed by atoms with Gasteiger partial charge in [-0.15, -0.1) is 0 Å². The van der Waals surface area contributed by atoms with Crippen LogP contribution in [0.5, 0.6) is 0 Å². The van der Waals surface area contributed by atoms with Crippen LogP contribution in [0, 0.1) is 5.92 Å². The van der Waals surface area contributed by atoms with Gasteiger partial charge in [0, 0.05) is 19.3 Å². The minimum Gasteiger partial charge on any atom is -0.356 e. The fourth-order valence-corrected chi connectivity index (χ4v) is 1.85. The summed E-state index contributed by atoms with van der Waals surface area (Å²) in [6.07, 6.45) is 1.92. The van der Waals surface area contributed by atoms with Crippen molar-refractivity contribution in [2.24, 2.45) is 5.92 Å². The monoisotopic (exact) mass is 190 g/mol. The van der Waals surface area contributed by atoms with Gasteiger partial charge in [-0.1, -0.05) is 20.8 Å². The zero-order valence-corrected chi connectivity index (χ0v) is 9.20. The topological polar surface area (TPSA) is 16.1 Å². The van der Waals surface area contributed by atoms with Gasteiger partial charge >= 0.3 is 0 Å². The molecule has 0 unspecified atom stereocenters. The molecule has 0 spiro atoms. The molecule has 1 aliphatic heterocycles. The average molecular weight is 190 g/mol. The molecule has 0 bridgehead atoms. The molecule has 1 saturated heterocycles. The smallest absolute Gasteiger partial charge is 0.128 e. The summed E-state index contributed by atoms with van der Waals surface area (Å²) < 4.78 is 0. The molecule has 1 fully saturated rings. The number of pyridine rings is 1. The van der Waals surface area contributed by atoms with Crippen molar-refractivity contribution >= 4 is 5.82 Å². The summed E-state index contributed by atoms with van der Waals surface area (Å²) in [7, 11) is 0. The molecule has 0 amide bonds. The number of anilines is 1. The summed E-state index contributed by atoms with van der Waals surface area (Å²) in [5.74, 6) is 2.57. The summed E-state index contributed by atoms with van der Waals surface area (Å²) in [6.45, 7) is 9.04. The third kappa shape index (κ3) is 1.74. The zero-order chi connectivity index (χ0) is 10.1. The second kappa shape index (κ2) is 3.60. The Bertz CT molecular complexity index is 314. The first-order chi connectivity index (χ1) is 6.66. The zero-order valence-electron chi connectivity index (χ0n) is 9.20. The van der Waals surface area contributed by atoms with Gasteiger partial charge in [-0.25, -0.2) is 4.98 Å². The molecule has 0 N–H and O–H groups in total. The van der Waals surface area contributed by atoms with E-state index in [1.165, 1.54) is 5.56 Å².